The largest absolute Gasteiger partial charge is 0.438 e. The first-order valence-electron chi connectivity index (χ1n) is 13.1. The number of fused-ring (bicyclic) bond motifs is 1. The van der Waals surface area contributed by atoms with Crippen LogP contribution in [-0.2, 0) is 17.7 Å². The van der Waals surface area contributed by atoms with Gasteiger partial charge in [0.1, 0.15) is 5.82 Å². The van der Waals surface area contributed by atoms with Crippen LogP contribution in [0.1, 0.15) is 48.0 Å². The van der Waals surface area contributed by atoms with E-state index in [0.29, 0.717) is 50.8 Å². The highest BCUT2D eigenvalue weighted by atomic mass is 16.5. The first kappa shape index (κ1) is 24.4. The highest BCUT2D eigenvalue weighted by Gasteiger charge is 2.31. The number of hydrogen-bond acceptors (Lipinski definition) is 8. The Morgan fingerprint density at radius 1 is 1.11 bits per heavy atom. The summed E-state index contributed by atoms with van der Waals surface area (Å²) in [4.78, 5) is 43.0. The molecule has 2 aliphatic heterocycles. The molecule has 198 valence electrons. The van der Waals surface area contributed by atoms with Gasteiger partial charge in [0.15, 0.2) is 12.2 Å². The second-order valence-electron chi connectivity index (χ2n) is 10.1. The summed E-state index contributed by atoms with van der Waals surface area (Å²) in [5, 5.41) is 5.89. The maximum atomic E-state index is 13.0. The highest BCUT2D eigenvalue weighted by molar-refractivity contribution is 5.91. The first-order valence-corrected chi connectivity index (χ1v) is 13.1. The quantitative estimate of drug-likeness (QED) is 0.528. The summed E-state index contributed by atoms with van der Waals surface area (Å²) in [7, 11) is 0. The zero-order valence-corrected chi connectivity index (χ0v) is 21.4. The molecular weight excluding hydrogens is 486 g/mol. The summed E-state index contributed by atoms with van der Waals surface area (Å²) in [6, 6.07) is 7.82. The fourth-order valence-corrected chi connectivity index (χ4v) is 5.06. The number of amides is 3. The van der Waals surface area contributed by atoms with Crippen LogP contribution in [0.3, 0.4) is 0 Å². The summed E-state index contributed by atoms with van der Waals surface area (Å²) in [5.74, 6) is 1.49. The van der Waals surface area contributed by atoms with Crippen LogP contribution in [0.25, 0.3) is 11.4 Å². The van der Waals surface area contributed by atoms with Crippen molar-refractivity contribution in [3.63, 3.8) is 0 Å². The number of nitrogens with one attached hydrogen (secondary N) is 2. The van der Waals surface area contributed by atoms with Crippen LogP contribution in [0, 0.1) is 0 Å². The van der Waals surface area contributed by atoms with Crippen molar-refractivity contribution < 1.29 is 18.7 Å². The van der Waals surface area contributed by atoms with Crippen LogP contribution in [-0.4, -0.2) is 70.2 Å². The van der Waals surface area contributed by atoms with Crippen LogP contribution < -0.4 is 15.5 Å². The van der Waals surface area contributed by atoms with Gasteiger partial charge in [0, 0.05) is 42.4 Å². The van der Waals surface area contributed by atoms with Crippen LogP contribution in [0.5, 0.6) is 0 Å². The van der Waals surface area contributed by atoms with E-state index in [4.69, 9.17) is 19.1 Å². The third-order valence-corrected chi connectivity index (χ3v) is 7.45. The number of hydrogen-bond donors (Lipinski definition) is 2. The number of rotatable bonds is 5. The van der Waals surface area contributed by atoms with Gasteiger partial charge in [0.2, 0.25) is 5.76 Å². The molecule has 1 atom stereocenters. The molecule has 2 fully saturated rings. The fraction of sp³-hybridized carbons (Fsp3) is 0.444. The van der Waals surface area contributed by atoms with Gasteiger partial charge in [-0.2, -0.15) is 0 Å². The van der Waals surface area contributed by atoms with Crippen molar-refractivity contribution in [2.45, 2.75) is 51.2 Å². The lowest BCUT2D eigenvalue weighted by Gasteiger charge is -2.38. The molecule has 3 aromatic rings. The monoisotopic (exact) mass is 517 g/mol. The molecule has 11 heteroatoms. The number of aromatic nitrogens is 3. The maximum absolute atomic E-state index is 13.0. The minimum atomic E-state index is -0.192. The van der Waals surface area contributed by atoms with Crippen molar-refractivity contribution in [1.82, 2.24) is 25.2 Å². The molecule has 1 saturated heterocycles. The normalized spacial score (nSPS) is 19.4. The zero-order chi connectivity index (χ0) is 26.1. The summed E-state index contributed by atoms with van der Waals surface area (Å²) in [6.45, 7) is 4.97. The Bertz CT molecular complexity index is 1310. The second kappa shape index (κ2) is 10.4. The number of carbonyl (C=O) groups is 2. The average Bonchev–Trinajstić information content (AvgIpc) is 3.45. The maximum Gasteiger partial charge on any atom is 0.319 e. The summed E-state index contributed by atoms with van der Waals surface area (Å²) in [6.07, 6.45) is 6.57. The summed E-state index contributed by atoms with van der Waals surface area (Å²) in [5.41, 5.74) is 3.46. The van der Waals surface area contributed by atoms with E-state index in [0.717, 1.165) is 35.5 Å². The molecule has 11 nitrogen and oxygen atoms in total. The van der Waals surface area contributed by atoms with E-state index in [-0.39, 0.29) is 29.8 Å². The van der Waals surface area contributed by atoms with Gasteiger partial charge in [-0.25, -0.2) is 19.7 Å². The number of nitrogens with zero attached hydrogens (tertiary/aromatic N) is 5. The number of oxazole rings is 1. The Hall–Kier alpha value is -3.99. The third-order valence-electron chi connectivity index (χ3n) is 7.45. The molecule has 0 bridgehead atoms. The molecule has 6 rings (SSSR count). The van der Waals surface area contributed by atoms with Crippen molar-refractivity contribution in [2.75, 3.05) is 36.5 Å². The van der Waals surface area contributed by atoms with Crippen molar-refractivity contribution >= 4 is 23.4 Å². The molecule has 1 aromatic carbocycles. The highest BCUT2D eigenvalue weighted by Crippen LogP contribution is 2.32. The summed E-state index contributed by atoms with van der Waals surface area (Å²) >= 11 is 0. The van der Waals surface area contributed by atoms with E-state index >= 15 is 0 Å². The van der Waals surface area contributed by atoms with Crippen LogP contribution in [0.4, 0.5) is 16.3 Å². The molecule has 2 N–H and O–H groups in total. The zero-order valence-electron chi connectivity index (χ0n) is 21.4. The number of urea groups is 1. The van der Waals surface area contributed by atoms with E-state index in [1.54, 1.807) is 4.90 Å². The molecule has 3 amide bonds. The van der Waals surface area contributed by atoms with E-state index in [9.17, 15) is 9.59 Å². The van der Waals surface area contributed by atoms with Gasteiger partial charge in [-0.05, 0) is 50.5 Å². The van der Waals surface area contributed by atoms with Gasteiger partial charge in [0.25, 0.3) is 5.91 Å². The lowest BCUT2D eigenvalue weighted by atomic mass is 9.93. The molecular formula is C27H31N7O4. The van der Waals surface area contributed by atoms with Gasteiger partial charge in [0.05, 0.1) is 37.7 Å². The molecule has 0 spiro atoms. The SMILES string of the molecule is C[C@H]1COCCN1c1nc(-c2ccc(NC(=O)NC3CCC3)cc2)nc2c1CN(C(=O)c1cnco1)CC2. The second-order valence-corrected chi connectivity index (χ2v) is 10.1. The standard InChI is InChI=1S/C27H31N7O4/c1-17-15-37-12-11-34(17)25-21-14-33(26(35)23-13-28-16-38-23)10-9-22(21)31-24(32-25)18-5-7-20(8-6-18)30-27(36)29-19-3-2-4-19/h5-8,13,16-17,19H,2-4,9-12,14-15H2,1H3,(H2,29,30,36)/t17-/m0/s1. The lowest BCUT2D eigenvalue weighted by Crippen LogP contribution is -2.46. The minimum Gasteiger partial charge on any atom is -0.438 e. The predicted molar refractivity (Wildman–Crippen MR) is 140 cm³/mol. The average molecular weight is 518 g/mol. The van der Waals surface area contributed by atoms with E-state index in [1.807, 2.05) is 24.3 Å². The van der Waals surface area contributed by atoms with Gasteiger partial charge >= 0.3 is 6.03 Å². The number of anilines is 2. The van der Waals surface area contributed by atoms with E-state index in [1.165, 1.54) is 19.0 Å². The van der Waals surface area contributed by atoms with Gasteiger partial charge in [-0.1, -0.05) is 0 Å². The van der Waals surface area contributed by atoms with Crippen LogP contribution in [0.15, 0.2) is 41.3 Å². The van der Waals surface area contributed by atoms with Crippen molar-refractivity contribution in [1.29, 1.82) is 0 Å². The Kier molecular flexibility index (Phi) is 6.67. The van der Waals surface area contributed by atoms with E-state index in [2.05, 4.69) is 27.4 Å². The van der Waals surface area contributed by atoms with E-state index < -0.39 is 0 Å². The smallest absolute Gasteiger partial charge is 0.319 e. The Balaban J connectivity index is 1.27. The van der Waals surface area contributed by atoms with Gasteiger partial charge < -0.3 is 29.6 Å². The minimum absolute atomic E-state index is 0.136. The Labute approximate surface area is 220 Å². The molecule has 38 heavy (non-hydrogen) atoms. The predicted octanol–water partition coefficient (Wildman–Crippen LogP) is 3.23. The number of ether oxygens (including phenoxy) is 1. The number of benzene rings is 1. The Morgan fingerprint density at radius 2 is 1.95 bits per heavy atom. The van der Waals surface area contributed by atoms with Gasteiger partial charge in [-0.15, -0.1) is 0 Å². The first-order chi connectivity index (χ1) is 18.5. The van der Waals surface area contributed by atoms with Crippen molar-refractivity contribution in [2.24, 2.45) is 0 Å². The molecule has 1 aliphatic carbocycles. The third kappa shape index (κ3) is 4.93. The summed E-state index contributed by atoms with van der Waals surface area (Å²) < 4.78 is 10.9. The topological polar surface area (TPSA) is 126 Å². The van der Waals surface area contributed by atoms with Crippen molar-refractivity contribution in [3.05, 3.63) is 53.9 Å². The van der Waals surface area contributed by atoms with Crippen molar-refractivity contribution in [3.8, 4) is 11.4 Å². The molecule has 0 radical (unpaired) electrons. The molecule has 1 saturated carbocycles. The van der Waals surface area contributed by atoms with Gasteiger partial charge in [-0.3, -0.25) is 4.79 Å². The molecule has 2 aromatic heterocycles. The fourth-order valence-electron chi connectivity index (χ4n) is 5.06. The van der Waals surface area contributed by atoms with Crippen LogP contribution >= 0.6 is 0 Å². The lowest BCUT2D eigenvalue weighted by molar-refractivity contribution is 0.0700. The molecule has 4 heterocycles. The molecule has 0 unspecified atom stereocenters. The number of morpholine rings is 1. The molecule has 3 aliphatic rings. The number of carbonyl (C=O) groups excluding carboxylic acids is 2. The van der Waals surface area contributed by atoms with Crippen LogP contribution in [0.2, 0.25) is 0 Å². The Morgan fingerprint density at radius 3 is 2.66 bits per heavy atom.